The molecule has 28 heavy (non-hydrogen) atoms. The molecule has 1 amide bonds. The SMILES string of the molecule is CNC/C=C/C(=O)N1CCc2c(sc3ncnc(Nc4cccc(C)c4)c23)C1. The van der Waals surface area contributed by atoms with E-state index in [1.54, 1.807) is 23.7 Å². The number of carbonyl (C=O) groups excluding carboxylic acids is 1. The minimum atomic E-state index is 0.0579. The Morgan fingerprint density at radius 2 is 2.25 bits per heavy atom. The van der Waals surface area contributed by atoms with E-state index in [-0.39, 0.29) is 5.91 Å². The zero-order chi connectivity index (χ0) is 19.5. The van der Waals surface area contributed by atoms with E-state index < -0.39 is 0 Å². The summed E-state index contributed by atoms with van der Waals surface area (Å²) in [5, 5.41) is 7.55. The summed E-state index contributed by atoms with van der Waals surface area (Å²) in [6, 6.07) is 8.25. The van der Waals surface area contributed by atoms with Gasteiger partial charge in [0, 0.05) is 29.7 Å². The van der Waals surface area contributed by atoms with Crippen LogP contribution in [0.3, 0.4) is 0 Å². The molecule has 0 fully saturated rings. The Morgan fingerprint density at radius 3 is 3.07 bits per heavy atom. The number of nitrogens with one attached hydrogen (secondary N) is 2. The van der Waals surface area contributed by atoms with E-state index >= 15 is 0 Å². The van der Waals surface area contributed by atoms with Crippen molar-refractivity contribution in [1.82, 2.24) is 20.2 Å². The smallest absolute Gasteiger partial charge is 0.246 e. The Balaban J connectivity index is 1.62. The van der Waals surface area contributed by atoms with Crippen LogP contribution in [0.2, 0.25) is 0 Å². The lowest BCUT2D eigenvalue weighted by Gasteiger charge is -2.26. The third-order valence-corrected chi connectivity index (χ3v) is 5.94. The van der Waals surface area contributed by atoms with E-state index in [1.165, 1.54) is 16.0 Å². The minimum Gasteiger partial charge on any atom is -0.340 e. The predicted molar refractivity (Wildman–Crippen MR) is 114 cm³/mol. The van der Waals surface area contributed by atoms with E-state index in [4.69, 9.17) is 0 Å². The molecule has 1 aliphatic heterocycles. The van der Waals surface area contributed by atoms with Crippen LogP contribution in [0.25, 0.3) is 10.2 Å². The average Bonchev–Trinajstić information content (AvgIpc) is 3.07. The second kappa shape index (κ2) is 8.08. The first-order valence-electron chi connectivity index (χ1n) is 9.34. The molecule has 2 N–H and O–H groups in total. The molecular weight excluding hydrogens is 370 g/mol. The van der Waals surface area contributed by atoms with E-state index in [0.29, 0.717) is 19.6 Å². The number of hydrogen-bond acceptors (Lipinski definition) is 6. The number of rotatable bonds is 5. The zero-order valence-electron chi connectivity index (χ0n) is 16.0. The summed E-state index contributed by atoms with van der Waals surface area (Å²) < 4.78 is 0. The van der Waals surface area contributed by atoms with Crippen molar-refractivity contribution in [2.75, 3.05) is 25.5 Å². The van der Waals surface area contributed by atoms with Crippen molar-refractivity contribution in [3.05, 3.63) is 58.7 Å². The van der Waals surface area contributed by atoms with Gasteiger partial charge in [-0.1, -0.05) is 18.2 Å². The first-order chi connectivity index (χ1) is 13.7. The summed E-state index contributed by atoms with van der Waals surface area (Å²) in [5.41, 5.74) is 3.48. The molecule has 3 heterocycles. The van der Waals surface area contributed by atoms with Gasteiger partial charge in [0.2, 0.25) is 5.91 Å². The Morgan fingerprint density at radius 1 is 1.36 bits per heavy atom. The molecule has 7 heteroatoms. The van der Waals surface area contributed by atoms with Gasteiger partial charge in [0.15, 0.2) is 0 Å². The van der Waals surface area contributed by atoms with Gasteiger partial charge < -0.3 is 15.5 Å². The highest BCUT2D eigenvalue weighted by atomic mass is 32.1. The summed E-state index contributed by atoms with van der Waals surface area (Å²) in [4.78, 5) is 25.5. The standard InChI is InChI=1S/C21H23N5OS/c1-14-5-3-6-15(11-14)25-20-19-16-8-10-26(18(27)7-4-9-22-2)12-17(16)28-21(19)24-13-23-20/h3-7,11,13,22H,8-10,12H2,1-2H3,(H,23,24,25)/b7-4+. The van der Waals surface area contributed by atoms with Crippen molar-refractivity contribution < 1.29 is 4.79 Å². The van der Waals surface area contributed by atoms with Crippen LogP contribution in [-0.4, -0.2) is 40.9 Å². The molecule has 2 aromatic heterocycles. The fraction of sp³-hybridized carbons (Fsp3) is 0.286. The zero-order valence-corrected chi connectivity index (χ0v) is 16.8. The second-order valence-electron chi connectivity index (χ2n) is 6.87. The van der Waals surface area contributed by atoms with Crippen molar-refractivity contribution >= 4 is 39.0 Å². The monoisotopic (exact) mass is 393 g/mol. The molecule has 144 valence electrons. The van der Waals surface area contributed by atoms with Gasteiger partial charge in [-0.05, 0) is 43.7 Å². The maximum absolute atomic E-state index is 12.4. The Hall–Kier alpha value is -2.77. The van der Waals surface area contributed by atoms with Gasteiger partial charge in [-0.15, -0.1) is 11.3 Å². The number of benzene rings is 1. The first kappa shape index (κ1) is 18.6. The van der Waals surface area contributed by atoms with Gasteiger partial charge in [0.25, 0.3) is 0 Å². The summed E-state index contributed by atoms with van der Waals surface area (Å²) >= 11 is 1.66. The van der Waals surface area contributed by atoms with Gasteiger partial charge in [-0.25, -0.2) is 9.97 Å². The number of thiophene rings is 1. The molecule has 0 saturated carbocycles. The van der Waals surface area contributed by atoms with Crippen LogP contribution in [-0.2, 0) is 17.8 Å². The molecule has 3 aromatic rings. The topological polar surface area (TPSA) is 70.2 Å². The Labute approximate surface area is 168 Å². The molecule has 6 nitrogen and oxygen atoms in total. The minimum absolute atomic E-state index is 0.0579. The van der Waals surface area contributed by atoms with E-state index in [9.17, 15) is 4.79 Å². The van der Waals surface area contributed by atoms with Crippen molar-refractivity contribution in [2.24, 2.45) is 0 Å². The fourth-order valence-electron chi connectivity index (χ4n) is 3.45. The number of fused-ring (bicyclic) bond motifs is 3. The number of carbonyl (C=O) groups is 1. The molecule has 0 spiro atoms. The quantitative estimate of drug-likeness (QED) is 0.650. The highest BCUT2D eigenvalue weighted by Gasteiger charge is 2.25. The van der Waals surface area contributed by atoms with Gasteiger partial charge in [-0.3, -0.25) is 4.79 Å². The Bertz CT molecular complexity index is 1040. The van der Waals surface area contributed by atoms with Gasteiger partial charge in [-0.2, -0.15) is 0 Å². The van der Waals surface area contributed by atoms with Crippen LogP contribution < -0.4 is 10.6 Å². The van der Waals surface area contributed by atoms with E-state index in [1.807, 2.05) is 30.2 Å². The molecule has 0 unspecified atom stereocenters. The van der Waals surface area contributed by atoms with Crippen LogP contribution in [0.1, 0.15) is 16.0 Å². The summed E-state index contributed by atoms with van der Waals surface area (Å²) in [6.45, 7) is 4.10. The summed E-state index contributed by atoms with van der Waals surface area (Å²) in [7, 11) is 1.86. The largest absolute Gasteiger partial charge is 0.340 e. The average molecular weight is 394 g/mol. The molecule has 1 aliphatic rings. The Kier molecular flexibility index (Phi) is 5.36. The molecule has 0 saturated heterocycles. The second-order valence-corrected chi connectivity index (χ2v) is 7.95. The van der Waals surface area contributed by atoms with Crippen LogP contribution in [0.4, 0.5) is 11.5 Å². The lowest BCUT2D eigenvalue weighted by molar-refractivity contribution is -0.126. The predicted octanol–water partition coefficient (Wildman–Crippen LogP) is 3.40. The number of anilines is 2. The molecule has 0 atom stereocenters. The molecule has 0 bridgehead atoms. The van der Waals surface area contributed by atoms with Crippen molar-refractivity contribution in [3.8, 4) is 0 Å². The number of likely N-dealkylation sites (N-methyl/N-ethyl adjacent to an activating group) is 1. The van der Waals surface area contributed by atoms with Gasteiger partial charge >= 0.3 is 0 Å². The van der Waals surface area contributed by atoms with E-state index in [2.05, 4.69) is 39.7 Å². The van der Waals surface area contributed by atoms with Crippen LogP contribution in [0.5, 0.6) is 0 Å². The third kappa shape index (κ3) is 3.76. The lowest BCUT2D eigenvalue weighted by Crippen LogP contribution is -2.34. The lowest BCUT2D eigenvalue weighted by atomic mass is 10.0. The molecule has 1 aromatic carbocycles. The maximum atomic E-state index is 12.4. The van der Waals surface area contributed by atoms with Crippen molar-refractivity contribution in [2.45, 2.75) is 19.9 Å². The first-order valence-corrected chi connectivity index (χ1v) is 10.2. The number of amides is 1. The van der Waals surface area contributed by atoms with Crippen molar-refractivity contribution in [1.29, 1.82) is 0 Å². The van der Waals surface area contributed by atoms with Gasteiger partial charge in [0.05, 0.1) is 11.9 Å². The molecular formula is C21H23N5OS. The third-order valence-electron chi connectivity index (χ3n) is 4.81. The highest BCUT2D eigenvalue weighted by Crippen LogP contribution is 2.38. The highest BCUT2D eigenvalue weighted by molar-refractivity contribution is 7.19. The normalized spacial score (nSPS) is 13.9. The van der Waals surface area contributed by atoms with E-state index in [0.717, 1.165) is 28.1 Å². The molecule has 0 aliphatic carbocycles. The number of nitrogens with zero attached hydrogens (tertiary/aromatic N) is 3. The number of aryl methyl sites for hydroxylation is 1. The summed E-state index contributed by atoms with van der Waals surface area (Å²) in [5.74, 6) is 0.893. The molecule has 0 radical (unpaired) electrons. The van der Waals surface area contributed by atoms with Gasteiger partial charge in [0.1, 0.15) is 17.0 Å². The number of aromatic nitrogens is 2. The van der Waals surface area contributed by atoms with Crippen LogP contribution in [0, 0.1) is 6.92 Å². The van der Waals surface area contributed by atoms with Crippen LogP contribution in [0.15, 0.2) is 42.7 Å². The fourth-order valence-corrected chi connectivity index (χ4v) is 4.66. The number of hydrogen-bond donors (Lipinski definition) is 2. The van der Waals surface area contributed by atoms with Crippen molar-refractivity contribution in [3.63, 3.8) is 0 Å². The van der Waals surface area contributed by atoms with Crippen LogP contribution >= 0.6 is 11.3 Å². The summed E-state index contributed by atoms with van der Waals surface area (Å²) in [6.07, 6.45) is 5.93. The maximum Gasteiger partial charge on any atom is 0.246 e. The molecule has 4 rings (SSSR count).